The van der Waals surface area contributed by atoms with Gasteiger partial charge in [0.15, 0.2) is 5.82 Å². The molecule has 3 heterocycles. The number of hydrogen-bond acceptors (Lipinski definition) is 5. The summed E-state index contributed by atoms with van der Waals surface area (Å²) in [6.45, 7) is 5.05. The predicted molar refractivity (Wildman–Crippen MR) is 125 cm³/mol. The summed E-state index contributed by atoms with van der Waals surface area (Å²) in [4.78, 5) is 27.2. The van der Waals surface area contributed by atoms with Crippen molar-refractivity contribution in [2.45, 2.75) is 45.5 Å². The van der Waals surface area contributed by atoms with E-state index in [0.717, 1.165) is 21.1 Å². The molecule has 4 aromatic rings. The van der Waals surface area contributed by atoms with Gasteiger partial charge in [-0.25, -0.2) is 5.10 Å². The first-order valence-corrected chi connectivity index (χ1v) is 11.3. The van der Waals surface area contributed by atoms with Gasteiger partial charge >= 0.3 is 6.18 Å². The SMILES string of the molecule is Cc1ccc(Cc2n[nH]c(=O)c3ccccc23)cc1C(=O)N1Cc2nnc(C(F)(F)F)n2C(C)(C)C1. The lowest BCUT2D eigenvalue weighted by Crippen LogP contribution is -2.50. The van der Waals surface area contributed by atoms with Crippen LogP contribution in [0.3, 0.4) is 0 Å². The quantitative estimate of drug-likeness (QED) is 0.465. The van der Waals surface area contributed by atoms with Crippen molar-refractivity contribution in [1.82, 2.24) is 29.9 Å². The van der Waals surface area contributed by atoms with Crippen LogP contribution in [-0.4, -0.2) is 42.3 Å². The molecular formula is C25H23F3N6O2. The topological polar surface area (TPSA) is 96.8 Å². The van der Waals surface area contributed by atoms with Gasteiger partial charge in [-0.05, 0) is 44.0 Å². The van der Waals surface area contributed by atoms with E-state index < -0.39 is 17.5 Å². The molecule has 0 fully saturated rings. The van der Waals surface area contributed by atoms with Crippen molar-refractivity contribution >= 4 is 16.7 Å². The van der Waals surface area contributed by atoms with Crippen molar-refractivity contribution in [1.29, 1.82) is 0 Å². The van der Waals surface area contributed by atoms with E-state index in [9.17, 15) is 22.8 Å². The average Bonchev–Trinajstić information content (AvgIpc) is 3.27. The molecule has 2 aromatic heterocycles. The smallest absolute Gasteiger partial charge is 0.329 e. The summed E-state index contributed by atoms with van der Waals surface area (Å²) in [5.74, 6) is -1.28. The van der Waals surface area contributed by atoms with Crippen LogP contribution in [0.4, 0.5) is 13.2 Å². The van der Waals surface area contributed by atoms with Crippen molar-refractivity contribution in [2.75, 3.05) is 6.54 Å². The summed E-state index contributed by atoms with van der Waals surface area (Å²) in [5.41, 5.74) is 1.34. The first-order valence-electron chi connectivity index (χ1n) is 11.3. The second kappa shape index (κ2) is 8.28. The number of nitrogens with one attached hydrogen (secondary N) is 1. The summed E-state index contributed by atoms with van der Waals surface area (Å²) in [7, 11) is 0. The van der Waals surface area contributed by atoms with Gasteiger partial charge in [0.25, 0.3) is 11.5 Å². The Labute approximate surface area is 203 Å². The number of aromatic amines is 1. The summed E-state index contributed by atoms with van der Waals surface area (Å²) >= 11 is 0. The fraction of sp³-hybridized carbons (Fsp3) is 0.320. The van der Waals surface area contributed by atoms with Gasteiger partial charge in [-0.2, -0.15) is 18.3 Å². The molecule has 186 valence electrons. The Hall–Kier alpha value is -4.02. The zero-order valence-corrected chi connectivity index (χ0v) is 19.8. The zero-order chi connectivity index (χ0) is 25.8. The number of hydrogen-bond donors (Lipinski definition) is 1. The molecular weight excluding hydrogens is 473 g/mol. The molecule has 0 aliphatic carbocycles. The van der Waals surface area contributed by atoms with Crippen LogP contribution in [0.1, 0.15) is 52.7 Å². The number of rotatable bonds is 3. The van der Waals surface area contributed by atoms with E-state index in [0.29, 0.717) is 23.1 Å². The van der Waals surface area contributed by atoms with Crippen LogP contribution in [0.2, 0.25) is 0 Å². The van der Waals surface area contributed by atoms with E-state index in [1.807, 2.05) is 31.2 Å². The number of amides is 1. The number of alkyl halides is 3. The Bertz CT molecular complexity index is 1550. The van der Waals surface area contributed by atoms with Gasteiger partial charge in [-0.3, -0.25) is 14.2 Å². The molecule has 0 radical (unpaired) electrons. The molecule has 2 aromatic carbocycles. The monoisotopic (exact) mass is 496 g/mol. The molecule has 11 heteroatoms. The highest BCUT2D eigenvalue weighted by Gasteiger charge is 2.45. The third-order valence-corrected chi connectivity index (χ3v) is 6.47. The number of fused-ring (bicyclic) bond motifs is 2. The van der Waals surface area contributed by atoms with Crippen LogP contribution in [-0.2, 0) is 24.7 Å². The number of benzene rings is 2. The molecule has 0 saturated heterocycles. The van der Waals surface area contributed by atoms with E-state index in [1.54, 1.807) is 32.0 Å². The summed E-state index contributed by atoms with van der Waals surface area (Å²) in [6.07, 6.45) is -4.26. The van der Waals surface area contributed by atoms with Gasteiger partial charge in [0.05, 0.1) is 23.2 Å². The molecule has 0 bridgehead atoms. The second-order valence-electron chi connectivity index (χ2n) is 9.62. The summed E-state index contributed by atoms with van der Waals surface area (Å²) < 4.78 is 41.4. The lowest BCUT2D eigenvalue weighted by molar-refractivity contribution is -0.150. The van der Waals surface area contributed by atoms with Crippen molar-refractivity contribution < 1.29 is 18.0 Å². The maximum absolute atomic E-state index is 13.6. The number of halogens is 3. The number of nitrogens with zero attached hydrogens (tertiary/aromatic N) is 5. The molecule has 8 nitrogen and oxygen atoms in total. The normalized spacial score (nSPS) is 15.2. The minimum Gasteiger partial charge on any atom is -0.329 e. The van der Waals surface area contributed by atoms with E-state index in [2.05, 4.69) is 20.4 Å². The first kappa shape index (κ1) is 23.7. The van der Waals surface area contributed by atoms with Crippen LogP contribution in [0.15, 0.2) is 47.3 Å². The van der Waals surface area contributed by atoms with Crippen LogP contribution < -0.4 is 5.56 Å². The summed E-state index contributed by atoms with van der Waals surface area (Å²) in [5, 5.41) is 15.1. The molecule has 0 atom stereocenters. The van der Waals surface area contributed by atoms with Crippen LogP contribution >= 0.6 is 0 Å². The van der Waals surface area contributed by atoms with E-state index >= 15 is 0 Å². The van der Waals surface area contributed by atoms with Crippen LogP contribution in [0.5, 0.6) is 0 Å². The lowest BCUT2D eigenvalue weighted by atomic mass is 9.97. The molecule has 1 aliphatic rings. The summed E-state index contributed by atoms with van der Waals surface area (Å²) in [6, 6.07) is 12.7. The highest BCUT2D eigenvalue weighted by atomic mass is 19.4. The number of aryl methyl sites for hydroxylation is 1. The van der Waals surface area contributed by atoms with E-state index in [4.69, 9.17) is 0 Å². The van der Waals surface area contributed by atoms with Crippen LogP contribution in [0.25, 0.3) is 10.8 Å². The maximum Gasteiger partial charge on any atom is 0.451 e. The lowest BCUT2D eigenvalue weighted by Gasteiger charge is -2.40. The van der Waals surface area contributed by atoms with Crippen LogP contribution in [0, 0.1) is 6.92 Å². The molecule has 1 amide bonds. The Morgan fingerprint density at radius 3 is 2.56 bits per heavy atom. The first-order chi connectivity index (χ1) is 17.0. The van der Waals surface area contributed by atoms with E-state index in [1.165, 1.54) is 4.90 Å². The van der Waals surface area contributed by atoms with Gasteiger partial charge in [-0.1, -0.05) is 30.3 Å². The van der Waals surface area contributed by atoms with Crippen molar-refractivity contribution in [3.8, 4) is 0 Å². The average molecular weight is 496 g/mol. The van der Waals surface area contributed by atoms with Crippen molar-refractivity contribution in [3.63, 3.8) is 0 Å². The highest BCUT2D eigenvalue weighted by Crippen LogP contribution is 2.35. The minimum absolute atomic E-state index is 0.0652. The molecule has 1 N–H and O–H groups in total. The number of carbonyl (C=O) groups is 1. The van der Waals surface area contributed by atoms with Crippen molar-refractivity contribution in [2.24, 2.45) is 0 Å². The predicted octanol–water partition coefficient (Wildman–Crippen LogP) is 3.82. The largest absolute Gasteiger partial charge is 0.451 e. The number of aromatic nitrogens is 5. The standard InChI is InChI=1S/C25H23F3N6O2/c1-14-8-9-15(11-19-16-6-4-5-7-17(16)21(35)31-29-19)10-18(14)22(36)33-12-20-30-32-23(25(26,27)28)34(20)24(2,3)13-33/h4-10H,11-13H2,1-3H3,(H,31,35). The van der Waals surface area contributed by atoms with Gasteiger partial charge in [0, 0.05) is 23.9 Å². The van der Waals surface area contributed by atoms with E-state index in [-0.39, 0.29) is 30.4 Å². The third-order valence-electron chi connectivity index (χ3n) is 6.47. The molecule has 1 aliphatic heterocycles. The van der Waals surface area contributed by atoms with Gasteiger partial charge in [0.1, 0.15) is 0 Å². The number of carbonyl (C=O) groups excluding carboxylic acids is 1. The Kier molecular flexibility index (Phi) is 5.46. The second-order valence-corrected chi connectivity index (χ2v) is 9.62. The Morgan fingerprint density at radius 2 is 1.83 bits per heavy atom. The molecule has 0 unspecified atom stereocenters. The third kappa shape index (κ3) is 4.04. The molecule has 5 rings (SSSR count). The fourth-order valence-corrected chi connectivity index (χ4v) is 4.83. The zero-order valence-electron chi connectivity index (χ0n) is 19.8. The highest BCUT2D eigenvalue weighted by molar-refractivity contribution is 5.96. The molecule has 0 spiro atoms. The Morgan fingerprint density at radius 1 is 1.11 bits per heavy atom. The van der Waals surface area contributed by atoms with Crippen molar-refractivity contribution in [3.05, 3.63) is 86.9 Å². The molecule has 36 heavy (non-hydrogen) atoms. The maximum atomic E-state index is 13.6. The fourth-order valence-electron chi connectivity index (χ4n) is 4.83. The van der Waals surface area contributed by atoms with Gasteiger partial charge in [0.2, 0.25) is 5.82 Å². The van der Waals surface area contributed by atoms with Gasteiger partial charge < -0.3 is 4.90 Å². The molecule has 0 saturated carbocycles. The Balaban J connectivity index is 1.46. The minimum atomic E-state index is -4.64. The number of H-pyrrole nitrogens is 1. The van der Waals surface area contributed by atoms with Gasteiger partial charge in [-0.15, -0.1) is 10.2 Å².